The van der Waals surface area contributed by atoms with Gasteiger partial charge in [-0.2, -0.15) is 0 Å². The van der Waals surface area contributed by atoms with Gasteiger partial charge in [-0.25, -0.2) is 4.39 Å². The molecule has 1 atom stereocenters. The minimum absolute atomic E-state index is 0.106. The zero-order valence-corrected chi connectivity index (χ0v) is 12.4. The molecule has 0 aromatic heterocycles. The number of hydrogen-bond donors (Lipinski definition) is 0. The van der Waals surface area contributed by atoms with Crippen LogP contribution in [0.5, 0.6) is 5.75 Å². The molecule has 1 aromatic rings. The number of rotatable bonds is 6. The van der Waals surface area contributed by atoms with E-state index in [0.717, 1.165) is 25.9 Å². The summed E-state index contributed by atoms with van der Waals surface area (Å²) in [5.74, 6) is -0.507. The summed E-state index contributed by atoms with van der Waals surface area (Å²) in [5, 5.41) is 0. The molecule has 1 heterocycles. The monoisotopic (exact) mass is 295 g/mol. The van der Waals surface area contributed by atoms with E-state index < -0.39 is 5.82 Å². The van der Waals surface area contributed by atoms with E-state index in [1.807, 2.05) is 0 Å². The Balaban J connectivity index is 1.71. The molecule has 0 aliphatic carbocycles. The first-order valence-corrected chi connectivity index (χ1v) is 7.39. The van der Waals surface area contributed by atoms with Crippen LogP contribution in [0, 0.1) is 5.82 Å². The first kappa shape index (κ1) is 15.8. The van der Waals surface area contributed by atoms with E-state index >= 15 is 0 Å². The number of likely N-dealkylation sites (N-methyl/N-ethyl adjacent to an activating group) is 1. The maximum absolute atomic E-state index is 13.4. The van der Waals surface area contributed by atoms with Crippen molar-refractivity contribution in [1.29, 1.82) is 0 Å². The van der Waals surface area contributed by atoms with Crippen LogP contribution in [0.15, 0.2) is 24.3 Å². The van der Waals surface area contributed by atoms with Crippen molar-refractivity contribution in [3.63, 3.8) is 0 Å². The predicted molar refractivity (Wildman–Crippen MR) is 77.7 cm³/mol. The van der Waals surface area contributed by atoms with Crippen LogP contribution < -0.4 is 4.74 Å². The molecule has 1 saturated heterocycles. The number of ether oxygens (including phenoxy) is 2. The lowest BCUT2D eigenvalue weighted by atomic mass is 10.1. The fraction of sp³-hybridized carbons (Fsp3) is 0.562. The van der Waals surface area contributed by atoms with Gasteiger partial charge in [0.15, 0.2) is 18.2 Å². The van der Waals surface area contributed by atoms with E-state index in [4.69, 9.17) is 9.47 Å². The van der Waals surface area contributed by atoms with Crippen LogP contribution in [0.3, 0.4) is 0 Å². The minimum atomic E-state index is -0.455. The summed E-state index contributed by atoms with van der Waals surface area (Å²) >= 11 is 0. The van der Waals surface area contributed by atoms with Crippen LogP contribution in [0.2, 0.25) is 0 Å². The van der Waals surface area contributed by atoms with Crippen molar-refractivity contribution >= 4 is 5.91 Å². The zero-order chi connectivity index (χ0) is 15.1. The number of amides is 1. The second-order valence-corrected chi connectivity index (χ2v) is 5.31. The Kier molecular flexibility index (Phi) is 5.99. The Morgan fingerprint density at radius 2 is 2.24 bits per heavy atom. The molecule has 2 rings (SSSR count). The van der Waals surface area contributed by atoms with Crippen LogP contribution in [-0.4, -0.2) is 43.7 Å². The molecule has 1 fully saturated rings. The average Bonchev–Trinajstić information content (AvgIpc) is 2.52. The molecule has 0 N–H and O–H groups in total. The minimum Gasteiger partial charge on any atom is -0.481 e. The molecule has 1 amide bonds. The highest BCUT2D eigenvalue weighted by atomic mass is 19.1. The van der Waals surface area contributed by atoms with E-state index in [2.05, 4.69) is 0 Å². The molecule has 1 aliphatic heterocycles. The number of halogens is 1. The topological polar surface area (TPSA) is 38.8 Å². The van der Waals surface area contributed by atoms with Crippen LogP contribution in [0.25, 0.3) is 0 Å². The molecular weight excluding hydrogens is 273 g/mol. The summed E-state index contributed by atoms with van der Waals surface area (Å²) in [6.45, 7) is 1.30. The third-order valence-electron chi connectivity index (χ3n) is 3.67. The standard InChI is InChI=1S/C16H22FNO3/c1-18(10-9-13-6-4-5-11-20-13)16(19)12-21-15-8-3-2-7-14(15)17/h2-3,7-8,13H,4-6,9-12H2,1H3. The van der Waals surface area contributed by atoms with Gasteiger partial charge < -0.3 is 14.4 Å². The highest BCUT2D eigenvalue weighted by Gasteiger charge is 2.16. The van der Waals surface area contributed by atoms with Crippen LogP contribution in [-0.2, 0) is 9.53 Å². The number of carbonyl (C=O) groups excluding carboxylic acids is 1. The Morgan fingerprint density at radius 3 is 2.95 bits per heavy atom. The molecule has 0 spiro atoms. The Labute approximate surface area is 124 Å². The summed E-state index contributed by atoms with van der Waals surface area (Å²) < 4.78 is 24.2. The lowest BCUT2D eigenvalue weighted by Gasteiger charge is -2.25. The molecule has 0 radical (unpaired) electrons. The van der Waals surface area contributed by atoms with Gasteiger partial charge in [-0.05, 0) is 37.8 Å². The molecule has 5 heteroatoms. The number of nitrogens with zero attached hydrogens (tertiary/aromatic N) is 1. The van der Waals surface area contributed by atoms with Crippen molar-refractivity contribution < 1.29 is 18.7 Å². The van der Waals surface area contributed by atoms with Crippen LogP contribution >= 0.6 is 0 Å². The van der Waals surface area contributed by atoms with Gasteiger partial charge in [0.1, 0.15) is 0 Å². The summed E-state index contributed by atoms with van der Waals surface area (Å²) in [6.07, 6.45) is 4.47. The predicted octanol–water partition coefficient (Wildman–Crippen LogP) is 2.62. The Hall–Kier alpha value is -1.62. The average molecular weight is 295 g/mol. The van der Waals surface area contributed by atoms with E-state index in [0.29, 0.717) is 6.54 Å². The van der Waals surface area contributed by atoms with Gasteiger partial charge in [-0.3, -0.25) is 4.79 Å². The third kappa shape index (κ3) is 5.01. The molecule has 0 saturated carbocycles. The maximum atomic E-state index is 13.4. The van der Waals surface area contributed by atoms with Crippen molar-refractivity contribution in [2.45, 2.75) is 31.8 Å². The molecule has 21 heavy (non-hydrogen) atoms. The van der Waals surface area contributed by atoms with Gasteiger partial charge in [-0.1, -0.05) is 12.1 Å². The quantitative estimate of drug-likeness (QED) is 0.810. The number of benzene rings is 1. The second-order valence-electron chi connectivity index (χ2n) is 5.31. The fourth-order valence-corrected chi connectivity index (χ4v) is 2.31. The Bertz CT molecular complexity index is 461. The SMILES string of the molecule is CN(CCC1CCCCO1)C(=O)COc1ccccc1F. The van der Waals surface area contributed by atoms with Gasteiger partial charge >= 0.3 is 0 Å². The first-order chi connectivity index (χ1) is 10.2. The normalized spacial score (nSPS) is 18.3. The molecular formula is C16H22FNO3. The van der Waals surface area contributed by atoms with Crippen LogP contribution in [0.4, 0.5) is 4.39 Å². The molecule has 1 aliphatic rings. The van der Waals surface area contributed by atoms with Crippen LogP contribution in [0.1, 0.15) is 25.7 Å². The van der Waals surface area contributed by atoms with Crippen molar-refractivity contribution in [1.82, 2.24) is 4.90 Å². The van der Waals surface area contributed by atoms with Crippen molar-refractivity contribution in [3.8, 4) is 5.75 Å². The number of para-hydroxylation sites is 1. The number of hydrogen-bond acceptors (Lipinski definition) is 3. The fourth-order valence-electron chi connectivity index (χ4n) is 2.31. The van der Waals surface area contributed by atoms with Crippen molar-refractivity contribution in [3.05, 3.63) is 30.1 Å². The van der Waals surface area contributed by atoms with Gasteiger partial charge in [0.2, 0.25) is 0 Å². The smallest absolute Gasteiger partial charge is 0.260 e. The Morgan fingerprint density at radius 1 is 1.43 bits per heavy atom. The molecule has 1 unspecified atom stereocenters. The van der Waals surface area contributed by atoms with E-state index in [1.165, 1.54) is 18.6 Å². The van der Waals surface area contributed by atoms with E-state index in [9.17, 15) is 9.18 Å². The first-order valence-electron chi connectivity index (χ1n) is 7.39. The molecule has 116 valence electrons. The molecule has 1 aromatic carbocycles. The summed E-state index contributed by atoms with van der Waals surface area (Å²) in [6, 6.07) is 6.08. The lowest BCUT2D eigenvalue weighted by Crippen LogP contribution is -2.34. The highest BCUT2D eigenvalue weighted by Crippen LogP contribution is 2.17. The van der Waals surface area contributed by atoms with E-state index in [1.54, 1.807) is 24.1 Å². The maximum Gasteiger partial charge on any atom is 0.260 e. The van der Waals surface area contributed by atoms with Gasteiger partial charge in [0, 0.05) is 20.2 Å². The summed E-state index contributed by atoms with van der Waals surface area (Å²) in [7, 11) is 1.73. The van der Waals surface area contributed by atoms with Gasteiger partial charge in [0.25, 0.3) is 5.91 Å². The zero-order valence-electron chi connectivity index (χ0n) is 12.4. The number of carbonyl (C=O) groups is 1. The highest BCUT2D eigenvalue weighted by molar-refractivity contribution is 5.77. The molecule has 4 nitrogen and oxygen atoms in total. The van der Waals surface area contributed by atoms with Crippen molar-refractivity contribution in [2.24, 2.45) is 0 Å². The summed E-state index contributed by atoms with van der Waals surface area (Å²) in [5.41, 5.74) is 0. The van der Waals surface area contributed by atoms with Crippen molar-refractivity contribution in [2.75, 3.05) is 26.8 Å². The lowest BCUT2D eigenvalue weighted by molar-refractivity contribution is -0.132. The summed E-state index contributed by atoms with van der Waals surface area (Å²) in [4.78, 5) is 13.5. The van der Waals surface area contributed by atoms with Gasteiger partial charge in [0.05, 0.1) is 6.10 Å². The van der Waals surface area contributed by atoms with Gasteiger partial charge in [-0.15, -0.1) is 0 Å². The molecule has 0 bridgehead atoms. The largest absolute Gasteiger partial charge is 0.481 e. The van der Waals surface area contributed by atoms with E-state index in [-0.39, 0.29) is 24.4 Å². The third-order valence-corrected chi connectivity index (χ3v) is 3.67. The second kappa shape index (κ2) is 7.98.